The third-order valence-electron chi connectivity index (χ3n) is 4.03. The number of rotatable bonds is 5. The van der Waals surface area contributed by atoms with Crippen molar-refractivity contribution < 1.29 is 32.1 Å². The number of carbonyl (C=O) groups is 3. The van der Waals surface area contributed by atoms with Crippen LogP contribution in [0.1, 0.15) is 17.9 Å². The Morgan fingerprint density at radius 2 is 1.97 bits per heavy atom. The zero-order valence-electron chi connectivity index (χ0n) is 20.7. The van der Waals surface area contributed by atoms with E-state index in [9.17, 15) is 14.4 Å². The van der Waals surface area contributed by atoms with E-state index >= 15 is 0 Å². The van der Waals surface area contributed by atoms with E-state index in [1.54, 1.807) is 0 Å². The molecule has 10 heteroatoms. The van der Waals surface area contributed by atoms with Gasteiger partial charge in [-0.05, 0) is 36.4 Å². The van der Waals surface area contributed by atoms with Crippen molar-refractivity contribution in [2.45, 2.75) is 6.10 Å². The number of hydrogen-bond donors (Lipinski definition) is 1. The number of nitrogens with zero attached hydrogens (tertiary/aromatic N) is 2. The number of cyclic esters (lactones) is 1. The van der Waals surface area contributed by atoms with Gasteiger partial charge in [0.1, 0.15) is 12.7 Å². The number of nitrogens with one attached hydrogen (secondary N) is 1. The monoisotopic (exact) mass is 441 g/mol. The molecule has 2 aliphatic heterocycles. The first-order valence-corrected chi connectivity index (χ1v) is 9.55. The van der Waals surface area contributed by atoms with Gasteiger partial charge in [0.25, 0.3) is 11.8 Å². The minimum atomic E-state index is -2.69. The number of ether oxygens (including phenoxy) is 2. The highest BCUT2D eigenvalue weighted by Crippen LogP contribution is 2.26. The molecule has 3 amide bonds. The van der Waals surface area contributed by atoms with Gasteiger partial charge >= 0.3 is 6.09 Å². The Hall–Kier alpha value is -2.62. The molecule has 1 aromatic heterocycles. The average Bonchev–Trinajstić information content (AvgIpc) is 3.38. The molecule has 2 aliphatic rings. The zero-order chi connectivity index (χ0) is 25.8. The molecular formula is C19H18ClN3O5S. The van der Waals surface area contributed by atoms with Crippen LogP contribution in [0.2, 0.25) is 4.34 Å². The molecule has 2 saturated heterocycles. The van der Waals surface area contributed by atoms with Gasteiger partial charge in [-0.25, -0.2) is 4.79 Å². The van der Waals surface area contributed by atoms with Crippen molar-refractivity contribution in [1.29, 1.82) is 0 Å². The molecule has 0 aliphatic carbocycles. The summed E-state index contributed by atoms with van der Waals surface area (Å²) < 4.78 is 57.8. The third kappa shape index (κ3) is 4.36. The van der Waals surface area contributed by atoms with Crippen LogP contribution >= 0.6 is 22.9 Å². The summed E-state index contributed by atoms with van der Waals surface area (Å²) in [7, 11) is 0. The normalized spacial score (nSPS) is 26.4. The van der Waals surface area contributed by atoms with Gasteiger partial charge < -0.3 is 19.7 Å². The Labute approximate surface area is 184 Å². The maximum absolute atomic E-state index is 12.4. The molecule has 1 aromatic carbocycles. The number of hydrogen-bond acceptors (Lipinski definition) is 6. The summed E-state index contributed by atoms with van der Waals surface area (Å²) in [4.78, 5) is 39.1. The summed E-state index contributed by atoms with van der Waals surface area (Å²) in [6.45, 7) is -8.31. The van der Waals surface area contributed by atoms with Crippen molar-refractivity contribution in [2.75, 3.05) is 42.5 Å². The molecule has 0 radical (unpaired) electrons. The van der Waals surface area contributed by atoms with Gasteiger partial charge in [0.2, 0.25) is 0 Å². The standard InChI is InChI=1S/C19H18ClN3O5S/c20-16-6-5-15(29-16)18(25)21-9-14-10-23(19(26)28-14)13-3-1-12(2-4-13)22-7-8-27-11-17(22)24/h1-6,14H,7-11H2,(H,21,25)/t14-/m0/s1/i7D2,9D2,11D2. The van der Waals surface area contributed by atoms with Gasteiger partial charge in [0, 0.05) is 17.9 Å². The van der Waals surface area contributed by atoms with E-state index in [1.807, 2.05) is 0 Å². The lowest BCUT2D eigenvalue weighted by Gasteiger charge is -2.27. The molecular weight excluding hydrogens is 418 g/mol. The molecule has 2 fully saturated rings. The van der Waals surface area contributed by atoms with E-state index < -0.39 is 50.2 Å². The summed E-state index contributed by atoms with van der Waals surface area (Å²) in [6.07, 6.45) is -2.20. The highest BCUT2D eigenvalue weighted by Gasteiger charge is 2.33. The Kier molecular flexibility index (Phi) is 3.93. The number of benzene rings is 1. The van der Waals surface area contributed by atoms with Crippen molar-refractivity contribution in [3.8, 4) is 0 Å². The van der Waals surface area contributed by atoms with Crippen LogP contribution in [-0.4, -0.2) is 56.7 Å². The Morgan fingerprint density at radius 1 is 1.24 bits per heavy atom. The minimum absolute atomic E-state index is 0.0391. The average molecular weight is 442 g/mol. The predicted molar refractivity (Wildman–Crippen MR) is 109 cm³/mol. The van der Waals surface area contributed by atoms with E-state index in [-0.39, 0.29) is 22.8 Å². The lowest BCUT2D eigenvalue weighted by molar-refractivity contribution is -0.125. The fraction of sp³-hybridized carbons (Fsp3) is 0.316. The molecule has 0 bridgehead atoms. The topological polar surface area (TPSA) is 88.2 Å². The van der Waals surface area contributed by atoms with Gasteiger partial charge in [-0.3, -0.25) is 14.5 Å². The number of thiophene rings is 1. The van der Waals surface area contributed by atoms with E-state index in [0.29, 0.717) is 9.24 Å². The van der Waals surface area contributed by atoms with Crippen LogP contribution in [0.15, 0.2) is 36.4 Å². The number of amides is 3. The summed E-state index contributed by atoms with van der Waals surface area (Å²) in [5.74, 6) is -1.92. The zero-order valence-corrected chi connectivity index (χ0v) is 16.2. The van der Waals surface area contributed by atoms with Crippen molar-refractivity contribution in [2.24, 2.45) is 0 Å². The maximum atomic E-state index is 12.4. The Bertz CT molecular complexity index is 1180. The number of halogens is 1. The molecule has 0 spiro atoms. The molecule has 8 nitrogen and oxygen atoms in total. The van der Waals surface area contributed by atoms with Crippen LogP contribution in [0.25, 0.3) is 0 Å². The molecule has 0 unspecified atom stereocenters. The van der Waals surface area contributed by atoms with E-state index in [0.717, 1.165) is 16.2 Å². The van der Waals surface area contributed by atoms with Gasteiger partial charge in [-0.15, -0.1) is 11.3 Å². The van der Waals surface area contributed by atoms with Crippen LogP contribution in [0.4, 0.5) is 16.2 Å². The molecule has 0 saturated carbocycles. The second-order valence-corrected chi connectivity index (χ2v) is 7.61. The van der Waals surface area contributed by atoms with Gasteiger partial charge in [0.15, 0.2) is 0 Å². The lowest BCUT2D eigenvalue weighted by atomic mass is 10.2. The smallest absolute Gasteiger partial charge is 0.414 e. The van der Waals surface area contributed by atoms with Gasteiger partial charge in [-0.2, -0.15) is 0 Å². The maximum Gasteiger partial charge on any atom is 0.414 e. The second-order valence-electron chi connectivity index (χ2n) is 5.89. The Morgan fingerprint density at radius 3 is 2.66 bits per heavy atom. The number of morpholine rings is 1. The number of anilines is 2. The molecule has 1 N–H and O–H groups in total. The quantitative estimate of drug-likeness (QED) is 0.770. The highest BCUT2D eigenvalue weighted by atomic mass is 35.5. The van der Waals surface area contributed by atoms with Crippen LogP contribution in [0.3, 0.4) is 0 Å². The first kappa shape index (κ1) is 13.6. The number of carbonyl (C=O) groups excluding carboxylic acids is 3. The fourth-order valence-corrected chi connectivity index (χ4v) is 3.63. The van der Waals surface area contributed by atoms with Gasteiger partial charge in [0.05, 0.1) is 37.1 Å². The van der Waals surface area contributed by atoms with E-state index in [1.165, 1.54) is 36.4 Å². The molecule has 1 atom stereocenters. The lowest BCUT2D eigenvalue weighted by Crippen LogP contribution is -2.41. The first-order chi connectivity index (χ1) is 16.2. The SMILES string of the molecule is [2H]C1([2H])OCC([2H])([2H])N(c2ccc(N3C[C@H](C([2H])([2H])NC(=O)c4ccc(Cl)s4)OC3=O)cc2)C1=O. The summed E-state index contributed by atoms with van der Waals surface area (Å²) in [6, 6.07) is 8.36. The third-order valence-corrected chi connectivity index (χ3v) is 5.26. The van der Waals surface area contributed by atoms with Crippen molar-refractivity contribution in [1.82, 2.24) is 5.32 Å². The minimum Gasteiger partial charge on any atom is -0.442 e. The second kappa shape index (κ2) is 8.40. The van der Waals surface area contributed by atoms with E-state index in [4.69, 9.17) is 29.3 Å². The molecule has 152 valence electrons. The van der Waals surface area contributed by atoms with Gasteiger partial charge in [-0.1, -0.05) is 11.6 Å². The fourth-order valence-electron chi connectivity index (χ4n) is 2.70. The largest absolute Gasteiger partial charge is 0.442 e. The summed E-state index contributed by atoms with van der Waals surface area (Å²) in [5, 5.41) is 2.20. The van der Waals surface area contributed by atoms with Crippen LogP contribution in [-0.2, 0) is 14.3 Å². The molecule has 29 heavy (non-hydrogen) atoms. The molecule has 2 aromatic rings. The van der Waals surface area contributed by atoms with Crippen LogP contribution < -0.4 is 15.1 Å². The van der Waals surface area contributed by atoms with Crippen molar-refractivity contribution >= 4 is 52.2 Å². The molecule has 3 heterocycles. The molecule has 4 rings (SSSR count). The van der Waals surface area contributed by atoms with Crippen LogP contribution in [0.5, 0.6) is 0 Å². The van der Waals surface area contributed by atoms with Crippen molar-refractivity contribution in [3.05, 3.63) is 45.6 Å². The van der Waals surface area contributed by atoms with E-state index in [2.05, 4.69) is 5.32 Å². The highest BCUT2D eigenvalue weighted by molar-refractivity contribution is 7.18. The first-order valence-electron chi connectivity index (χ1n) is 11.4. The van der Waals surface area contributed by atoms with Crippen molar-refractivity contribution in [3.63, 3.8) is 0 Å². The predicted octanol–water partition coefficient (Wildman–Crippen LogP) is 2.52. The van der Waals surface area contributed by atoms with Crippen LogP contribution in [0, 0.1) is 0 Å². The summed E-state index contributed by atoms with van der Waals surface area (Å²) >= 11 is 6.78. The Balaban J connectivity index is 1.49. The summed E-state index contributed by atoms with van der Waals surface area (Å²) in [5.41, 5.74) is 0.301.